The van der Waals surface area contributed by atoms with Gasteiger partial charge in [0, 0.05) is 22.6 Å². The molecule has 1 unspecified atom stereocenters. The van der Waals surface area contributed by atoms with Gasteiger partial charge in [-0.25, -0.2) is 0 Å². The molecule has 0 aliphatic carbocycles. The van der Waals surface area contributed by atoms with E-state index in [1.165, 1.54) is 0 Å². The van der Waals surface area contributed by atoms with Gasteiger partial charge in [-0.1, -0.05) is 59.6 Å². The van der Waals surface area contributed by atoms with Crippen molar-refractivity contribution in [1.29, 1.82) is 0 Å². The number of benzene rings is 2. The minimum atomic E-state index is -0.0298. The average molecular weight is 351 g/mol. The van der Waals surface area contributed by atoms with Gasteiger partial charge < -0.3 is 10.6 Å². The fourth-order valence-corrected chi connectivity index (χ4v) is 2.73. The van der Waals surface area contributed by atoms with Crippen LogP contribution in [0.4, 0.5) is 0 Å². The molecule has 2 rings (SSSR count). The van der Waals surface area contributed by atoms with Gasteiger partial charge in [0.05, 0.1) is 6.54 Å². The SMILES string of the molecule is CC(NCC(=O)NCCc1ccc(Cl)cc1Cl)c1ccccc1. The summed E-state index contributed by atoms with van der Waals surface area (Å²) < 4.78 is 0. The van der Waals surface area contributed by atoms with Gasteiger partial charge in [-0.15, -0.1) is 0 Å². The summed E-state index contributed by atoms with van der Waals surface area (Å²) in [5.74, 6) is -0.0298. The summed E-state index contributed by atoms with van der Waals surface area (Å²) in [7, 11) is 0. The molecule has 0 bridgehead atoms. The van der Waals surface area contributed by atoms with E-state index in [4.69, 9.17) is 23.2 Å². The average Bonchev–Trinajstić information content (AvgIpc) is 2.55. The Morgan fingerprint density at radius 1 is 1.13 bits per heavy atom. The van der Waals surface area contributed by atoms with Crippen molar-refractivity contribution in [2.45, 2.75) is 19.4 Å². The van der Waals surface area contributed by atoms with Gasteiger partial charge in [0.2, 0.25) is 5.91 Å². The Labute approximate surface area is 147 Å². The molecule has 3 nitrogen and oxygen atoms in total. The van der Waals surface area contributed by atoms with Crippen LogP contribution in [0.15, 0.2) is 48.5 Å². The monoisotopic (exact) mass is 350 g/mol. The fourth-order valence-electron chi connectivity index (χ4n) is 2.23. The predicted octanol–water partition coefficient (Wildman–Crippen LogP) is 4.00. The minimum absolute atomic E-state index is 0.0298. The first-order valence-electron chi connectivity index (χ1n) is 7.55. The summed E-state index contributed by atoms with van der Waals surface area (Å²) in [5.41, 5.74) is 2.13. The molecule has 0 spiro atoms. The van der Waals surface area contributed by atoms with Crippen molar-refractivity contribution in [2.75, 3.05) is 13.1 Å². The molecule has 0 saturated carbocycles. The molecule has 23 heavy (non-hydrogen) atoms. The summed E-state index contributed by atoms with van der Waals surface area (Å²) >= 11 is 12.0. The second-order valence-electron chi connectivity index (χ2n) is 5.35. The summed E-state index contributed by atoms with van der Waals surface area (Å²) in [4.78, 5) is 11.9. The van der Waals surface area contributed by atoms with Gasteiger partial charge in [-0.2, -0.15) is 0 Å². The van der Waals surface area contributed by atoms with E-state index in [2.05, 4.69) is 10.6 Å². The molecule has 2 aromatic rings. The van der Waals surface area contributed by atoms with Gasteiger partial charge in [-0.05, 0) is 36.6 Å². The van der Waals surface area contributed by atoms with Crippen LogP contribution in [-0.2, 0) is 11.2 Å². The van der Waals surface area contributed by atoms with Gasteiger partial charge in [0.25, 0.3) is 0 Å². The number of halogens is 2. The molecular weight excluding hydrogens is 331 g/mol. The van der Waals surface area contributed by atoms with E-state index in [1.54, 1.807) is 12.1 Å². The van der Waals surface area contributed by atoms with E-state index in [1.807, 2.05) is 43.3 Å². The molecule has 0 heterocycles. The highest BCUT2D eigenvalue weighted by molar-refractivity contribution is 6.35. The van der Waals surface area contributed by atoms with Crippen LogP contribution in [0.3, 0.4) is 0 Å². The number of rotatable bonds is 7. The van der Waals surface area contributed by atoms with Crippen LogP contribution in [0.2, 0.25) is 10.0 Å². The Kier molecular flexibility index (Phi) is 6.90. The first-order valence-corrected chi connectivity index (χ1v) is 8.31. The molecule has 2 N–H and O–H groups in total. The van der Waals surface area contributed by atoms with Crippen LogP contribution >= 0.6 is 23.2 Å². The van der Waals surface area contributed by atoms with Crippen LogP contribution < -0.4 is 10.6 Å². The highest BCUT2D eigenvalue weighted by atomic mass is 35.5. The quantitative estimate of drug-likeness (QED) is 0.792. The van der Waals surface area contributed by atoms with E-state index in [-0.39, 0.29) is 18.5 Å². The number of hydrogen-bond donors (Lipinski definition) is 2. The highest BCUT2D eigenvalue weighted by Gasteiger charge is 2.07. The van der Waals surface area contributed by atoms with Crippen molar-refractivity contribution < 1.29 is 4.79 Å². The first-order chi connectivity index (χ1) is 11.1. The highest BCUT2D eigenvalue weighted by Crippen LogP contribution is 2.21. The lowest BCUT2D eigenvalue weighted by Crippen LogP contribution is -2.36. The van der Waals surface area contributed by atoms with Gasteiger partial charge in [0.15, 0.2) is 0 Å². The largest absolute Gasteiger partial charge is 0.355 e. The van der Waals surface area contributed by atoms with E-state index < -0.39 is 0 Å². The summed E-state index contributed by atoms with van der Waals surface area (Å²) in [5, 5.41) is 7.34. The Bertz CT molecular complexity index is 647. The van der Waals surface area contributed by atoms with Crippen molar-refractivity contribution >= 4 is 29.1 Å². The topological polar surface area (TPSA) is 41.1 Å². The number of nitrogens with one attached hydrogen (secondary N) is 2. The number of hydrogen-bond acceptors (Lipinski definition) is 2. The molecule has 0 aromatic heterocycles. The molecular formula is C18H20Cl2N2O. The van der Waals surface area contributed by atoms with Crippen LogP contribution in [-0.4, -0.2) is 19.0 Å². The maximum absolute atomic E-state index is 11.9. The van der Waals surface area contributed by atoms with Gasteiger partial charge >= 0.3 is 0 Å². The third-order valence-electron chi connectivity index (χ3n) is 3.60. The van der Waals surface area contributed by atoms with Crippen molar-refractivity contribution in [3.63, 3.8) is 0 Å². The molecule has 0 aliphatic heterocycles. The third-order valence-corrected chi connectivity index (χ3v) is 4.19. The van der Waals surface area contributed by atoms with Gasteiger partial charge in [0.1, 0.15) is 0 Å². The van der Waals surface area contributed by atoms with Crippen molar-refractivity contribution in [3.05, 3.63) is 69.7 Å². The molecule has 2 aromatic carbocycles. The molecule has 0 aliphatic rings. The summed E-state index contributed by atoms with van der Waals surface area (Å²) in [6.45, 7) is 2.86. The smallest absolute Gasteiger partial charge is 0.233 e. The van der Waals surface area contributed by atoms with Crippen molar-refractivity contribution in [1.82, 2.24) is 10.6 Å². The number of amides is 1. The van der Waals surface area contributed by atoms with Gasteiger partial charge in [-0.3, -0.25) is 4.79 Å². The maximum Gasteiger partial charge on any atom is 0.233 e. The zero-order valence-electron chi connectivity index (χ0n) is 13.0. The summed E-state index contributed by atoms with van der Waals surface area (Å²) in [6, 6.07) is 15.6. The predicted molar refractivity (Wildman–Crippen MR) is 96.0 cm³/mol. The van der Waals surface area contributed by atoms with Crippen molar-refractivity contribution in [2.24, 2.45) is 0 Å². The Morgan fingerprint density at radius 2 is 1.87 bits per heavy atom. The van der Waals surface area contributed by atoms with E-state index >= 15 is 0 Å². The zero-order chi connectivity index (χ0) is 16.7. The Hall–Kier alpha value is -1.55. The van der Waals surface area contributed by atoms with Crippen LogP contribution in [0.25, 0.3) is 0 Å². The molecule has 0 saturated heterocycles. The standard InChI is InChI=1S/C18H20Cl2N2O/c1-13(14-5-3-2-4-6-14)22-12-18(23)21-10-9-15-7-8-16(19)11-17(15)20/h2-8,11,13,22H,9-10,12H2,1H3,(H,21,23). The normalized spacial score (nSPS) is 12.0. The van der Waals surface area contributed by atoms with Crippen LogP contribution in [0.5, 0.6) is 0 Å². The molecule has 0 fully saturated rings. The Morgan fingerprint density at radius 3 is 2.57 bits per heavy atom. The van der Waals surface area contributed by atoms with E-state index in [0.717, 1.165) is 11.1 Å². The second kappa shape index (κ2) is 8.92. The minimum Gasteiger partial charge on any atom is -0.355 e. The Balaban J connectivity index is 1.71. The number of carbonyl (C=O) groups excluding carboxylic acids is 1. The van der Waals surface area contributed by atoms with Crippen molar-refractivity contribution in [3.8, 4) is 0 Å². The molecule has 1 atom stereocenters. The fraction of sp³-hybridized carbons (Fsp3) is 0.278. The summed E-state index contributed by atoms with van der Waals surface area (Å²) in [6.07, 6.45) is 0.677. The van der Waals surface area contributed by atoms with Crippen LogP contribution in [0.1, 0.15) is 24.1 Å². The second-order valence-corrected chi connectivity index (χ2v) is 6.19. The lowest BCUT2D eigenvalue weighted by molar-refractivity contribution is -0.120. The molecule has 5 heteroatoms. The maximum atomic E-state index is 11.9. The zero-order valence-corrected chi connectivity index (χ0v) is 14.5. The number of carbonyl (C=O) groups is 1. The first kappa shape index (κ1) is 17.8. The molecule has 122 valence electrons. The van der Waals surface area contributed by atoms with E-state index in [9.17, 15) is 4.79 Å². The lowest BCUT2D eigenvalue weighted by atomic mass is 10.1. The molecule has 1 amide bonds. The molecule has 0 radical (unpaired) electrons. The third kappa shape index (κ3) is 5.87. The van der Waals surface area contributed by atoms with Crippen LogP contribution in [0, 0.1) is 0 Å². The van der Waals surface area contributed by atoms with E-state index in [0.29, 0.717) is 23.0 Å². The lowest BCUT2D eigenvalue weighted by Gasteiger charge is -2.14.